The van der Waals surface area contributed by atoms with Crippen molar-refractivity contribution in [3.8, 4) is 0 Å². The van der Waals surface area contributed by atoms with E-state index in [0.29, 0.717) is 0 Å². The van der Waals surface area contributed by atoms with Crippen molar-refractivity contribution >= 4 is 22.9 Å². The molecule has 0 nitrogen and oxygen atoms in total. The smallest absolute Gasteiger partial charge is 1.00 e. The third kappa shape index (κ3) is 14.9. The van der Waals surface area contributed by atoms with E-state index in [-0.39, 0.29) is 24.3 Å². The van der Waals surface area contributed by atoms with Gasteiger partial charge in [0.1, 0.15) is 0 Å². The first-order chi connectivity index (χ1) is 7.41. The molecule has 0 atom stereocenters. The SMILES string of the molecule is CCCCCC[CH2][In+][CH2]CCCCCC.[H-]. The van der Waals surface area contributed by atoms with Crippen molar-refractivity contribution in [1.82, 2.24) is 0 Å². The summed E-state index contributed by atoms with van der Waals surface area (Å²) in [5, 5.41) is 0. The molecule has 0 fully saturated rings. The summed E-state index contributed by atoms with van der Waals surface area (Å²) in [6, 6.07) is 0. The van der Waals surface area contributed by atoms with Crippen LogP contribution in [0.15, 0.2) is 0 Å². The van der Waals surface area contributed by atoms with Gasteiger partial charge in [0.05, 0.1) is 0 Å². The largest absolute Gasteiger partial charge is 1.00 e. The van der Waals surface area contributed by atoms with E-state index < -0.39 is 0 Å². The van der Waals surface area contributed by atoms with Crippen LogP contribution in [0.4, 0.5) is 0 Å². The molecule has 0 radical (unpaired) electrons. The molecule has 0 aromatic carbocycles. The molecule has 0 aliphatic rings. The predicted molar refractivity (Wildman–Crippen MR) is 74.0 cm³/mol. The van der Waals surface area contributed by atoms with Gasteiger partial charge in [-0.2, -0.15) is 0 Å². The van der Waals surface area contributed by atoms with Gasteiger partial charge in [-0.3, -0.25) is 0 Å². The Morgan fingerprint density at radius 1 is 0.600 bits per heavy atom. The van der Waals surface area contributed by atoms with Gasteiger partial charge >= 0.3 is 109 Å². The first kappa shape index (κ1) is 15.9. The van der Waals surface area contributed by atoms with Crippen molar-refractivity contribution in [1.29, 1.82) is 0 Å². The molecule has 0 unspecified atom stereocenters. The van der Waals surface area contributed by atoms with E-state index in [1.807, 2.05) is 0 Å². The Bertz CT molecular complexity index is 94.9. The quantitative estimate of drug-likeness (QED) is 0.412. The van der Waals surface area contributed by atoms with Gasteiger partial charge in [0.15, 0.2) is 0 Å². The topological polar surface area (TPSA) is 0 Å². The summed E-state index contributed by atoms with van der Waals surface area (Å²) in [5.41, 5.74) is 0. The maximum Gasteiger partial charge on any atom is -1.00 e. The minimum atomic E-state index is -0.0773. The van der Waals surface area contributed by atoms with E-state index in [1.54, 1.807) is 21.2 Å². The summed E-state index contributed by atoms with van der Waals surface area (Å²) in [6.45, 7) is 4.60. The van der Waals surface area contributed by atoms with E-state index in [9.17, 15) is 0 Å². The summed E-state index contributed by atoms with van der Waals surface area (Å²) in [5.74, 6) is 0. The average Bonchev–Trinajstić information content (AvgIpc) is 2.26. The molecular weight excluding hydrogens is 283 g/mol. The number of rotatable bonds is 12. The molecule has 0 heterocycles. The van der Waals surface area contributed by atoms with Crippen LogP contribution in [0.5, 0.6) is 0 Å². The van der Waals surface area contributed by atoms with Crippen molar-refractivity contribution in [2.24, 2.45) is 0 Å². The summed E-state index contributed by atoms with van der Waals surface area (Å²) < 4.78 is 3.35. The average molecular weight is 314 g/mol. The molecule has 0 spiro atoms. The van der Waals surface area contributed by atoms with Crippen LogP contribution in [0.3, 0.4) is 0 Å². The van der Waals surface area contributed by atoms with Gasteiger partial charge in [-0.25, -0.2) is 0 Å². The minimum Gasteiger partial charge on any atom is -1.00 e. The predicted octanol–water partition coefficient (Wildman–Crippen LogP) is 5.58. The zero-order valence-corrected chi connectivity index (χ0v) is 14.4. The van der Waals surface area contributed by atoms with Crippen LogP contribution >= 0.6 is 0 Å². The van der Waals surface area contributed by atoms with Crippen molar-refractivity contribution < 1.29 is 1.43 Å². The Balaban J connectivity index is 0. The minimum absolute atomic E-state index is 0. The van der Waals surface area contributed by atoms with Crippen molar-refractivity contribution in [3.63, 3.8) is 0 Å². The second kappa shape index (κ2) is 14.9. The van der Waals surface area contributed by atoms with Gasteiger partial charge in [0, 0.05) is 0 Å². The van der Waals surface area contributed by atoms with Crippen LogP contribution < -0.4 is 0 Å². The summed E-state index contributed by atoms with van der Waals surface area (Å²) in [4.78, 5) is 0. The summed E-state index contributed by atoms with van der Waals surface area (Å²) >= 11 is -0.0773. The van der Waals surface area contributed by atoms with Crippen LogP contribution in [0, 0.1) is 0 Å². The molecule has 90 valence electrons. The van der Waals surface area contributed by atoms with E-state index >= 15 is 0 Å². The zero-order valence-electron chi connectivity index (χ0n) is 12.1. The molecule has 0 aliphatic heterocycles. The molecule has 0 aromatic heterocycles. The molecule has 0 saturated carbocycles. The Morgan fingerprint density at radius 3 is 1.40 bits per heavy atom. The van der Waals surface area contributed by atoms with E-state index in [0.717, 1.165) is 0 Å². The number of hydrogen-bond donors (Lipinski definition) is 0. The van der Waals surface area contributed by atoms with Gasteiger partial charge in [-0.15, -0.1) is 0 Å². The summed E-state index contributed by atoms with van der Waals surface area (Å²) in [7, 11) is 0. The van der Waals surface area contributed by atoms with Crippen LogP contribution in [-0.2, 0) is 0 Å². The normalized spacial score (nSPS) is 10.3. The molecule has 15 heavy (non-hydrogen) atoms. The van der Waals surface area contributed by atoms with Crippen molar-refractivity contribution in [3.05, 3.63) is 0 Å². The van der Waals surface area contributed by atoms with Gasteiger partial charge < -0.3 is 1.43 Å². The fourth-order valence-electron chi connectivity index (χ4n) is 1.93. The fraction of sp³-hybridized carbons (Fsp3) is 1.00. The third-order valence-corrected chi connectivity index (χ3v) is 7.68. The van der Waals surface area contributed by atoms with Crippen LogP contribution in [-0.4, -0.2) is 22.9 Å². The zero-order chi connectivity index (χ0) is 11.2. The van der Waals surface area contributed by atoms with E-state index in [2.05, 4.69) is 13.8 Å². The number of unbranched alkanes of at least 4 members (excludes halogenated alkanes) is 8. The second-order valence-corrected chi connectivity index (χ2v) is 9.64. The molecule has 0 saturated heterocycles. The molecule has 0 bridgehead atoms. The molecule has 1 heteroatoms. The van der Waals surface area contributed by atoms with Gasteiger partial charge in [0.2, 0.25) is 0 Å². The van der Waals surface area contributed by atoms with Crippen LogP contribution in [0.1, 0.15) is 79.5 Å². The first-order valence-electron chi connectivity index (χ1n) is 7.23. The van der Waals surface area contributed by atoms with Crippen molar-refractivity contribution in [2.45, 2.75) is 86.4 Å². The van der Waals surface area contributed by atoms with Crippen LogP contribution in [0.25, 0.3) is 0 Å². The Morgan fingerprint density at radius 2 is 1.00 bits per heavy atom. The standard InChI is InChI=1S/2C7H15.In.H/c2*1-3-5-7-6-4-2;;/h2*1,3-7H2,2H3;;/q;;+1;-1. The van der Waals surface area contributed by atoms with E-state index in [4.69, 9.17) is 0 Å². The van der Waals surface area contributed by atoms with Gasteiger partial charge in [0.25, 0.3) is 0 Å². The first-order valence-corrected chi connectivity index (χ1v) is 11.9. The second-order valence-electron chi connectivity index (χ2n) is 4.69. The Kier molecular flexibility index (Phi) is 15.7. The van der Waals surface area contributed by atoms with Gasteiger partial charge in [-0.05, 0) is 0 Å². The monoisotopic (exact) mass is 314 g/mol. The van der Waals surface area contributed by atoms with Crippen molar-refractivity contribution in [2.75, 3.05) is 0 Å². The van der Waals surface area contributed by atoms with E-state index in [1.165, 1.54) is 51.4 Å². The molecule has 0 rings (SSSR count). The van der Waals surface area contributed by atoms with Gasteiger partial charge in [-0.1, -0.05) is 0 Å². The molecular formula is C14H31In. The maximum atomic E-state index is 2.30. The molecule has 0 aromatic rings. The Hall–Kier alpha value is 0.870. The molecule has 0 aliphatic carbocycles. The summed E-state index contributed by atoms with van der Waals surface area (Å²) in [6.07, 6.45) is 14.9. The molecule has 0 N–H and O–H groups in total. The maximum absolute atomic E-state index is 2.30. The molecule has 0 amide bonds. The Labute approximate surface area is 110 Å². The van der Waals surface area contributed by atoms with Crippen LogP contribution in [0.2, 0.25) is 8.35 Å². The number of hydrogen-bond acceptors (Lipinski definition) is 0. The fourth-order valence-corrected chi connectivity index (χ4v) is 6.05. The third-order valence-electron chi connectivity index (χ3n) is 3.02.